The van der Waals surface area contributed by atoms with E-state index in [1.807, 2.05) is 30.3 Å². The van der Waals surface area contributed by atoms with Crippen molar-refractivity contribution in [3.8, 4) is 0 Å². The van der Waals surface area contributed by atoms with Gasteiger partial charge in [-0.05, 0) is 12.0 Å². The van der Waals surface area contributed by atoms with Crippen molar-refractivity contribution >= 4 is 5.97 Å². The molecule has 0 spiro atoms. The molecule has 0 aromatic heterocycles. The molecule has 1 aromatic carbocycles. The molecule has 0 radical (unpaired) electrons. The van der Waals surface area contributed by atoms with Crippen LogP contribution in [0.5, 0.6) is 0 Å². The summed E-state index contributed by atoms with van der Waals surface area (Å²) < 4.78 is 0. The first-order chi connectivity index (χ1) is 6.36. The average Bonchev–Trinajstić information content (AvgIpc) is 2.54. The summed E-state index contributed by atoms with van der Waals surface area (Å²) in [6, 6.07) is 9.96. The first-order valence-electron chi connectivity index (χ1n) is 4.34. The fourth-order valence-corrected chi connectivity index (χ4v) is 1.43. The van der Waals surface area contributed by atoms with Crippen molar-refractivity contribution in [2.45, 2.75) is 6.42 Å². The van der Waals surface area contributed by atoms with Crippen LogP contribution in [0.3, 0.4) is 0 Å². The predicted molar refractivity (Wildman–Crippen MR) is 47.7 cm³/mol. The van der Waals surface area contributed by atoms with E-state index >= 15 is 0 Å². The number of benzene rings is 1. The number of carbonyl (C=O) groups excluding carboxylic acids is 1. The maximum Gasteiger partial charge on any atom is 0.329 e. The number of nitrogens with one attached hydrogen (secondary N) is 1. The summed E-state index contributed by atoms with van der Waals surface area (Å²) >= 11 is 0. The summed E-state index contributed by atoms with van der Waals surface area (Å²) in [5.74, 6) is -0.175. The first-order valence-corrected chi connectivity index (χ1v) is 4.34. The number of hydroxylamine groups is 1. The highest BCUT2D eigenvalue weighted by Gasteiger charge is 2.26. The van der Waals surface area contributed by atoms with E-state index in [0.29, 0.717) is 6.54 Å². The Hall–Kier alpha value is -1.35. The van der Waals surface area contributed by atoms with Crippen molar-refractivity contribution in [3.63, 3.8) is 0 Å². The summed E-state index contributed by atoms with van der Waals surface area (Å²) in [6.07, 6.45) is 0.757. The van der Waals surface area contributed by atoms with Crippen molar-refractivity contribution in [2.75, 3.05) is 6.54 Å². The minimum atomic E-state index is -0.149. The van der Waals surface area contributed by atoms with Crippen LogP contribution in [0, 0.1) is 5.92 Å². The molecule has 1 heterocycles. The van der Waals surface area contributed by atoms with Gasteiger partial charge in [0.2, 0.25) is 0 Å². The summed E-state index contributed by atoms with van der Waals surface area (Å²) in [7, 11) is 0. The van der Waals surface area contributed by atoms with Crippen LogP contribution in [-0.4, -0.2) is 12.5 Å². The van der Waals surface area contributed by atoms with Crippen LogP contribution in [0.2, 0.25) is 0 Å². The third kappa shape index (κ3) is 1.87. The monoisotopic (exact) mass is 177 g/mol. The Bertz CT molecular complexity index is 297. The van der Waals surface area contributed by atoms with E-state index in [9.17, 15) is 4.79 Å². The summed E-state index contributed by atoms with van der Waals surface area (Å²) in [5, 5.41) is 0. The minimum Gasteiger partial charge on any atom is -0.370 e. The molecular weight excluding hydrogens is 166 g/mol. The lowest BCUT2D eigenvalue weighted by Gasteiger charge is -2.03. The zero-order valence-electron chi connectivity index (χ0n) is 7.19. The molecular formula is C10H11NO2. The van der Waals surface area contributed by atoms with Gasteiger partial charge in [0.25, 0.3) is 0 Å². The Morgan fingerprint density at radius 1 is 1.38 bits per heavy atom. The van der Waals surface area contributed by atoms with Crippen LogP contribution in [0.15, 0.2) is 30.3 Å². The number of carbonyl (C=O) groups is 1. The predicted octanol–water partition coefficient (Wildman–Crippen LogP) is 0.907. The third-order valence-electron chi connectivity index (χ3n) is 2.16. The van der Waals surface area contributed by atoms with Gasteiger partial charge in [0, 0.05) is 6.54 Å². The van der Waals surface area contributed by atoms with Crippen LogP contribution in [0.4, 0.5) is 0 Å². The Labute approximate surface area is 76.7 Å². The number of rotatable bonds is 2. The van der Waals surface area contributed by atoms with Gasteiger partial charge in [-0.25, -0.2) is 4.79 Å². The highest BCUT2D eigenvalue weighted by atomic mass is 16.7. The largest absolute Gasteiger partial charge is 0.370 e. The highest BCUT2D eigenvalue weighted by molar-refractivity contribution is 5.74. The van der Waals surface area contributed by atoms with Crippen LogP contribution in [0.1, 0.15) is 5.56 Å². The Kier molecular flexibility index (Phi) is 2.27. The molecule has 1 N–H and O–H groups in total. The molecule has 13 heavy (non-hydrogen) atoms. The Morgan fingerprint density at radius 3 is 2.77 bits per heavy atom. The van der Waals surface area contributed by atoms with E-state index in [0.717, 1.165) is 6.42 Å². The number of hydrogen-bond acceptors (Lipinski definition) is 3. The molecule has 1 saturated heterocycles. The van der Waals surface area contributed by atoms with Gasteiger partial charge in [-0.3, -0.25) is 0 Å². The van der Waals surface area contributed by atoms with Gasteiger partial charge in [-0.2, -0.15) is 5.48 Å². The zero-order chi connectivity index (χ0) is 9.10. The Morgan fingerprint density at radius 2 is 2.15 bits per heavy atom. The average molecular weight is 177 g/mol. The van der Waals surface area contributed by atoms with Crippen LogP contribution < -0.4 is 5.48 Å². The van der Waals surface area contributed by atoms with Gasteiger partial charge < -0.3 is 4.84 Å². The van der Waals surface area contributed by atoms with Gasteiger partial charge in [-0.15, -0.1) is 0 Å². The van der Waals surface area contributed by atoms with Gasteiger partial charge in [0.1, 0.15) is 0 Å². The van der Waals surface area contributed by atoms with E-state index in [1.165, 1.54) is 5.56 Å². The number of hydrogen-bond donors (Lipinski definition) is 1. The molecule has 1 unspecified atom stereocenters. The summed E-state index contributed by atoms with van der Waals surface area (Å²) in [5.41, 5.74) is 3.77. The topological polar surface area (TPSA) is 38.3 Å². The van der Waals surface area contributed by atoms with Crippen molar-refractivity contribution < 1.29 is 9.63 Å². The molecule has 1 fully saturated rings. The van der Waals surface area contributed by atoms with E-state index in [2.05, 4.69) is 10.3 Å². The van der Waals surface area contributed by atoms with E-state index < -0.39 is 0 Å². The molecule has 3 nitrogen and oxygen atoms in total. The second kappa shape index (κ2) is 3.58. The van der Waals surface area contributed by atoms with Crippen LogP contribution >= 0.6 is 0 Å². The standard InChI is InChI=1S/C10H11NO2/c12-10-9(7-11-13-10)6-8-4-2-1-3-5-8/h1-5,9,11H,6-7H2. The fraction of sp³-hybridized carbons (Fsp3) is 0.300. The van der Waals surface area contributed by atoms with Gasteiger partial charge in [0.15, 0.2) is 0 Å². The fourth-order valence-electron chi connectivity index (χ4n) is 1.43. The second-order valence-corrected chi connectivity index (χ2v) is 3.16. The van der Waals surface area contributed by atoms with Gasteiger partial charge in [0.05, 0.1) is 5.92 Å². The van der Waals surface area contributed by atoms with E-state index in [1.54, 1.807) is 0 Å². The van der Waals surface area contributed by atoms with Crippen molar-refractivity contribution in [1.29, 1.82) is 0 Å². The van der Waals surface area contributed by atoms with Gasteiger partial charge in [-0.1, -0.05) is 30.3 Å². The SMILES string of the molecule is O=C1ONCC1Cc1ccccc1. The molecule has 2 rings (SSSR count). The maximum atomic E-state index is 11.1. The first kappa shape index (κ1) is 8.26. The molecule has 0 aliphatic carbocycles. The van der Waals surface area contributed by atoms with Crippen molar-refractivity contribution in [2.24, 2.45) is 5.92 Å². The molecule has 3 heteroatoms. The molecule has 68 valence electrons. The van der Waals surface area contributed by atoms with Crippen LogP contribution in [-0.2, 0) is 16.1 Å². The molecule has 1 aromatic rings. The molecule has 1 atom stereocenters. The molecule has 0 saturated carbocycles. The molecule has 0 bridgehead atoms. The molecule has 1 aliphatic rings. The molecule has 0 amide bonds. The second-order valence-electron chi connectivity index (χ2n) is 3.16. The quantitative estimate of drug-likeness (QED) is 0.729. The smallest absolute Gasteiger partial charge is 0.329 e. The van der Waals surface area contributed by atoms with E-state index in [-0.39, 0.29) is 11.9 Å². The normalized spacial score (nSPS) is 21.5. The minimum absolute atomic E-state index is 0.0256. The lowest BCUT2D eigenvalue weighted by molar-refractivity contribution is -0.145. The van der Waals surface area contributed by atoms with E-state index in [4.69, 9.17) is 0 Å². The van der Waals surface area contributed by atoms with Crippen molar-refractivity contribution in [1.82, 2.24) is 5.48 Å². The third-order valence-corrected chi connectivity index (χ3v) is 2.16. The lowest BCUT2D eigenvalue weighted by Crippen LogP contribution is -2.13. The molecule has 1 aliphatic heterocycles. The van der Waals surface area contributed by atoms with Crippen molar-refractivity contribution in [3.05, 3.63) is 35.9 Å². The van der Waals surface area contributed by atoms with Crippen LogP contribution in [0.25, 0.3) is 0 Å². The maximum absolute atomic E-state index is 11.1. The summed E-state index contributed by atoms with van der Waals surface area (Å²) in [4.78, 5) is 15.7. The highest BCUT2D eigenvalue weighted by Crippen LogP contribution is 2.12. The zero-order valence-corrected chi connectivity index (χ0v) is 7.19. The lowest BCUT2D eigenvalue weighted by atomic mass is 10.0. The van der Waals surface area contributed by atoms with Gasteiger partial charge >= 0.3 is 5.97 Å². The Balaban J connectivity index is 2.02. The summed E-state index contributed by atoms with van der Waals surface area (Å²) in [6.45, 7) is 0.619.